The minimum absolute atomic E-state index is 0.00656. The molecule has 2 aromatic rings. The van der Waals surface area contributed by atoms with Crippen LogP contribution in [0.3, 0.4) is 0 Å². The summed E-state index contributed by atoms with van der Waals surface area (Å²) in [5, 5.41) is 0.260. The highest BCUT2D eigenvalue weighted by atomic mass is 35.5. The average molecular weight is 346 g/mol. The highest BCUT2D eigenvalue weighted by molar-refractivity contribution is 6.42. The third-order valence-corrected chi connectivity index (χ3v) is 4.50. The summed E-state index contributed by atoms with van der Waals surface area (Å²) in [6.07, 6.45) is 1.64. The van der Waals surface area contributed by atoms with Crippen molar-refractivity contribution in [1.82, 2.24) is 4.90 Å². The van der Waals surface area contributed by atoms with Crippen LogP contribution in [0, 0.1) is 12.7 Å². The Hall–Kier alpha value is -2.20. The molecule has 0 saturated heterocycles. The molecule has 1 aliphatic rings. The van der Waals surface area contributed by atoms with Crippen molar-refractivity contribution in [3.8, 4) is 0 Å². The van der Waals surface area contributed by atoms with E-state index < -0.39 is 17.5 Å². The fraction of sp³-hybridized carbons (Fsp3) is 0.263. The number of rotatable bonds is 5. The Labute approximate surface area is 145 Å². The molecule has 0 heterocycles. The van der Waals surface area contributed by atoms with Crippen molar-refractivity contribution in [2.45, 2.75) is 32.4 Å². The van der Waals surface area contributed by atoms with E-state index in [1.807, 2.05) is 6.92 Å². The number of Topliss-reactive ketones (excluding diaryl/α,β-unsaturated/α-hetero) is 1. The maximum absolute atomic E-state index is 14.0. The van der Waals surface area contributed by atoms with Gasteiger partial charge in [0, 0.05) is 22.2 Å². The predicted molar refractivity (Wildman–Crippen MR) is 90.5 cm³/mol. The SMILES string of the molecule is Cc1ccc(C(=O)C(=O)N(Cc2c(F)cccc2Cl)C2CC2)cc1. The lowest BCUT2D eigenvalue weighted by atomic mass is 10.1. The van der Waals surface area contributed by atoms with Gasteiger partial charge in [0.1, 0.15) is 5.82 Å². The molecule has 5 heteroatoms. The molecule has 0 aromatic heterocycles. The highest BCUT2D eigenvalue weighted by Crippen LogP contribution is 2.31. The second kappa shape index (κ2) is 6.73. The highest BCUT2D eigenvalue weighted by Gasteiger charge is 2.36. The third kappa shape index (κ3) is 3.49. The minimum Gasteiger partial charge on any atom is -0.328 e. The Kier molecular flexibility index (Phi) is 4.67. The molecule has 0 bridgehead atoms. The fourth-order valence-corrected chi connectivity index (χ4v) is 2.79. The zero-order valence-corrected chi connectivity index (χ0v) is 14.0. The van der Waals surface area contributed by atoms with Crippen LogP contribution in [0.15, 0.2) is 42.5 Å². The lowest BCUT2D eigenvalue weighted by molar-refractivity contribution is -0.127. The van der Waals surface area contributed by atoms with Crippen LogP contribution in [-0.4, -0.2) is 22.6 Å². The molecule has 0 atom stereocenters. The Morgan fingerprint density at radius 3 is 2.42 bits per heavy atom. The van der Waals surface area contributed by atoms with Crippen LogP contribution in [0.25, 0.3) is 0 Å². The van der Waals surface area contributed by atoms with E-state index >= 15 is 0 Å². The Balaban J connectivity index is 1.84. The van der Waals surface area contributed by atoms with Gasteiger partial charge < -0.3 is 4.90 Å². The first-order valence-electron chi connectivity index (χ1n) is 7.82. The van der Waals surface area contributed by atoms with Crippen LogP contribution in [0.4, 0.5) is 4.39 Å². The van der Waals surface area contributed by atoms with E-state index in [1.54, 1.807) is 30.3 Å². The first-order chi connectivity index (χ1) is 11.5. The minimum atomic E-state index is -0.610. The molecule has 0 unspecified atom stereocenters. The lowest BCUT2D eigenvalue weighted by Gasteiger charge is -2.22. The van der Waals surface area contributed by atoms with Crippen LogP contribution in [0.1, 0.15) is 34.3 Å². The number of benzene rings is 2. The first kappa shape index (κ1) is 16.7. The molecule has 0 radical (unpaired) electrons. The summed E-state index contributed by atoms with van der Waals surface area (Å²) in [7, 11) is 0. The van der Waals surface area contributed by atoms with Crippen LogP contribution < -0.4 is 0 Å². The predicted octanol–water partition coefficient (Wildman–Crippen LogP) is 4.16. The molecule has 24 heavy (non-hydrogen) atoms. The summed E-state index contributed by atoms with van der Waals surface area (Å²) >= 11 is 6.05. The molecule has 1 saturated carbocycles. The van der Waals surface area contributed by atoms with Crippen LogP contribution in [0.2, 0.25) is 5.02 Å². The molecular weight excluding hydrogens is 329 g/mol. The van der Waals surface area contributed by atoms with Crippen molar-refractivity contribution in [2.24, 2.45) is 0 Å². The summed E-state index contributed by atoms with van der Waals surface area (Å²) in [6.45, 7) is 1.92. The molecule has 1 amide bonds. The number of nitrogens with zero attached hydrogens (tertiary/aromatic N) is 1. The van der Waals surface area contributed by atoms with Crippen molar-refractivity contribution in [1.29, 1.82) is 0 Å². The van der Waals surface area contributed by atoms with E-state index in [2.05, 4.69) is 0 Å². The van der Waals surface area contributed by atoms with Crippen molar-refractivity contribution >= 4 is 23.3 Å². The topological polar surface area (TPSA) is 37.4 Å². The number of aryl methyl sites for hydroxylation is 1. The molecule has 1 aliphatic carbocycles. The van der Waals surface area contributed by atoms with Crippen LogP contribution >= 0.6 is 11.6 Å². The molecule has 2 aromatic carbocycles. The van der Waals surface area contributed by atoms with E-state index in [0.29, 0.717) is 5.56 Å². The van der Waals surface area contributed by atoms with E-state index in [4.69, 9.17) is 11.6 Å². The van der Waals surface area contributed by atoms with Crippen molar-refractivity contribution in [3.05, 3.63) is 70.0 Å². The average Bonchev–Trinajstić information content (AvgIpc) is 3.39. The quantitative estimate of drug-likeness (QED) is 0.602. The van der Waals surface area contributed by atoms with Crippen molar-refractivity contribution < 1.29 is 14.0 Å². The van der Waals surface area contributed by atoms with E-state index in [-0.39, 0.29) is 23.2 Å². The van der Waals surface area contributed by atoms with Gasteiger partial charge in [0.05, 0.1) is 6.54 Å². The number of carbonyl (C=O) groups is 2. The molecule has 3 rings (SSSR count). The monoisotopic (exact) mass is 345 g/mol. The number of carbonyl (C=O) groups excluding carboxylic acids is 2. The Bertz CT molecular complexity index is 764. The normalized spacial score (nSPS) is 13.6. The number of hydrogen-bond donors (Lipinski definition) is 0. The van der Waals surface area contributed by atoms with Gasteiger partial charge in [0.25, 0.3) is 5.91 Å². The second-order valence-corrected chi connectivity index (χ2v) is 6.47. The third-order valence-electron chi connectivity index (χ3n) is 4.15. The van der Waals surface area contributed by atoms with Gasteiger partial charge in [0.2, 0.25) is 5.78 Å². The molecule has 0 aliphatic heterocycles. The van der Waals surface area contributed by atoms with Gasteiger partial charge in [0.15, 0.2) is 0 Å². The molecular formula is C19H17ClFNO2. The number of ketones is 1. The van der Waals surface area contributed by atoms with Gasteiger partial charge in [-0.3, -0.25) is 9.59 Å². The lowest BCUT2D eigenvalue weighted by Crippen LogP contribution is -2.38. The number of amides is 1. The van der Waals surface area contributed by atoms with Gasteiger partial charge in [-0.05, 0) is 31.9 Å². The van der Waals surface area contributed by atoms with Gasteiger partial charge in [-0.25, -0.2) is 4.39 Å². The molecule has 0 N–H and O–H groups in total. The smallest absolute Gasteiger partial charge is 0.295 e. The Morgan fingerprint density at radius 1 is 1.17 bits per heavy atom. The maximum Gasteiger partial charge on any atom is 0.295 e. The first-order valence-corrected chi connectivity index (χ1v) is 8.20. The van der Waals surface area contributed by atoms with Crippen LogP contribution in [-0.2, 0) is 11.3 Å². The van der Waals surface area contributed by atoms with Gasteiger partial charge in [-0.1, -0.05) is 47.5 Å². The van der Waals surface area contributed by atoms with Crippen molar-refractivity contribution in [3.63, 3.8) is 0 Å². The molecule has 0 spiro atoms. The summed E-state index contributed by atoms with van der Waals surface area (Å²) in [5.74, 6) is -1.65. The second-order valence-electron chi connectivity index (χ2n) is 6.06. The fourth-order valence-electron chi connectivity index (χ4n) is 2.57. The molecule has 3 nitrogen and oxygen atoms in total. The Morgan fingerprint density at radius 2 is 1.83 bits per heavy atom. The molecule has 124 valence electrons. The zero-order chi connectivity index (χ0) is 17.3. The van der Waals surface area contributed by atoms with Gasteiger partial charge in [-0.2, -0.15) is 0 Å². The standard InChI is InChI=1S/C19H17ClFNO2/c1-12-5-7-13(8-6-12)18(23)19(24)22(14-9-10-14)11-15-16(20)3-2-4-17(15)21/h2-8,14H,9-11H2,1H3. The van der Waals surface area contributed by atoms with Crippen molar-refractivity contribution in [2.75, 3.05) is 0 Å². The summed E-state index contributed by atoms with van der Waals surface area (Å²) in [4.78, 5) is 26.6. The van der Waals surface area contributed by atoms with E-state index in [9.17, 15) is 14.0 Å². The van der Waals surface area contributed by atoms with E-state index in [0.717, 1.165) is 18.4 Å². The van der Waals surface area contributed by atoms with E-state index in [1.165, 1.54) is 17.0 Å². The van der Waals surface area contributed by atoms with Gasteiger partial charge >= 0.3 is 0 Å². The van der Waals surface area contributed by atoms with Crippen LogP contribution in [0.5, 0.6) is 0 Å². The summed E-state index contributed by atoms with van der Waals surface area (Å²) in [6, 6.07) is 11.2. The zero-order valence-electron chi connectivity index (χ0n) is 13.3. The maximum atomic E-state index is 14.0. The van der Waals surface area contributed by atoms with Gasteiger partial charge in [-0.15, -0.1) is 0 Å². The molecule has 1 fully saturated rings. The number of halogens is 2. The summed E-state index contributed by atoms with van der Waals surface area (Å²) in [5.41, 5.74) is 1.60. The summed E-state index contributed by atoms with van der Waals surface area (Å²) < 4.78 is 14.0. The largest absolute Gasteiger partial charge is 0.328 e. The number of hydrogen-bond acceptors (Lipinski definition) is 2.